The van der Waals surface area contributed by atoms with Gasteiger partial charge < -0.3 is 4.74 Å². The van der Waals surface area contributed by atoms with Crippen LogP contribution in [0.4, 0.5) is 5.69 Å². The molecule has 1 fully saturated rings. The molecule has 0 heterocycles. The zero-order valence-corrected chi connectivity index (χ0v) is 10.9. The highest BCUT2D eigenvalue weighted by Gasteiger charge is 2.19. The van der Waals surface area contributed by atoms with Crippen LogP contribution in [0, 0.1) is 16.0 Å². The van der Waals surface area contributed by atoms with Crippen LogP contribution in [0.3, 0.4) is 0 Å². The Morgan fingerprint density at radius 1 is 1.47 bits per heavy atom. The summed E-state index contributed by atoms with van der Waals surface area (Å²) in [7, 11) is 0. The molecular formula is C14H17NO4. The van der Waals surface area contributed by atoms with Gasteiger partial charge in [0.05, 0.1) is 17.1 Å². The van der Waals surface area contributed by atoms with Gasteiger partial charge in [-0.25, -0.2) is 0 Å². The van der Waals surface area contributed by atoms with E-state index >= 15 is 0 Å². The molecule has 19 heavy (non-hydrogen) atoms. The minimum Gasteiger partial charge on any atom is -0.494 e. The largest absolute Gasteiger partial charge is 0.494 e. The zero-order chi connectivity index (χ0) is 13.8. The lowest BCUT2D eigenvalue weighted by molar-refractivity contribution is -0.385. The molecule has 1 aliphatic rings. The zero-order valence-electron chi connectivity index (χ0n) is 10.9. The fraction of sp³-hybridized carbons (Fsp3) is 0.500. The monoisotopic (exact) mass is 263 g/mol. The summed E-state index contributed by atoms with van der Waals surface area (Å²) in [4.78, 5) is 21.7. The average molecular weight is 263 g/mol. The van der Waals surface area contributed by atoms with Crippen LogP contribution in [0.1, 0.15) is 43.0 Å². The number of carbonyl (C=O) groups excluding carboxylic acids is 1. The molecule has 1 aromatic carbocycles. The number of ether oxygens (including phenoxy) is 1. The summed E-state index contributed by atoms with van der Waals surface area (Å²) >= 11 is 0. The van der Waals surface area contributed by atoms with E-state index in [9.17, 15) is 14.9 Å². The van der Waals surface area contributed by atoms with E-state index in [1.807, 2.05) is 0 Å². The number of nitrogens with zero attached hydrogens (tertiary/aromatic N) is 1. The molecule has 5 nitrogen and oxygen atoms in total. The summed E-state index contributed by atoms with van der Waals surface area (Å²) in [6.45, 7) is 1.92. The molecule has 1 aliphatic carbocycles. The molecule has 0 N–H and O–H groups in total. The Hall–Kier alpha value is -1.91. The lowest BCUT2D eigenvalue weighted by Gasteiger charge is -2.24. The molecule has 1 saturated carbocycles. The number of nitro benzene ring substituents is 1. The first-order valence-corrected chi connectivity index (χ1v) is 6.50. The topological polar surface area (TPSA) is 69.4 Å². The molecule has 0 aliphatic heterocycles. The summed E-state index contributed by atoms with van der Waals surface area (Å²) in [6, 6.07) is 4.34. The van der Waals surface area contributed by atoms with Gasteiger partial charge in [-0.3, -0.25) is 14.9 Å². The molecule has 0 bridgehead atoms. The molecule has 0 atom stereocenters. The highest BCUT2D eigenvalue weighted by Crippen LogP contribution is 2.30. The van der Waals surface area contributed by atoms with Crippen molar-refractivity contribution in [3.63, 3.8) is 0 Å². The first-order chi connectivity index (χ1) is 9.08. The van der Waals surface area contributed by atoms with Crippen LogP contribution in [0.2, 0.25) is 0 Å². The Labute approximate surface area is 111 Å². The third kappa shape index (κ3) is 3.30. The van der Waals surface area contributed by atoms with Crippen LogP contribution in [0.5, 0.6) is 5.75 Å². The van der Waals surface area contributed by atoms with E-state index in [2.05, 4.69) is 0 Å². The van der Waals surface area contributed by atoms with Gasteiger partial charge in [0.1, 0.15) is 5.75 Å². The van der Waals surface area contributed by atoms with Crippen LogP contribution in [0.15, 0.2) is 18.2 Å². The maximum atomic E-state index is 11.4. The van der Waals surface area contributed by atoms with Crippen molar-refractivity contribution in [3.05, 3.63) is 33.9 Å². The van der Waals surface area contributed by atoms with Crippen molar-refractivity contribution < 1.29 is 14.5 Å². The van der Waals surface area contributed by atoms with E-state index in [-0.39, 0.29) is 17.0 Å². The quantitative estimate of drug-likeness (QED) is 0.448. The van der Waals surface area contributed by atoms with Crippen LogP contribution < -0.4 is 4.74 Å². The molecular weight excluding hydrogens is 246 g/mol. The number of nitro groups is 1. The maximum Gasteiger partial charge on any atom is 0.280 e. The van der Waals surface area contributed by atoms with Crippen molar-refractivity contribution in [1.82, 2.24) is 0 Å². The number of Topliss-reactive ketones (excluding diaryl/α,β-unsaturated/α-hetero) is 1. The minimum atomic E-state index is -0.547. The van der Waals surface area contributed by atoms with Gasteiger partial charge in [-0.15, -0.1) is 0 Å². The Bertz CT molecular complexity index is 494. The maximum absolute atomic E-state index is 11.4. The van der Waals surface area contributed by atoms with Crippen LogP contribution in [0.25, 0.3) is 0 Å². The predicted molar refractivity (Wildman–Crippen MR) is 70.6 cm³/mol. The van der Waals surface area contributed by atoms with Crippen molar-refractivity contribution in [1.29, 1.82) is 0 Å². The summed E-state index contributed by atoms with van der Waals surface area (Å²) in [5.74, 6) is 0.955. The second-order valence-electron chi connectivity index (χ2n) is 4.93. The molecule has 5 heteroatoms. The van der Waals surface area contributed by atoms with Crippen molar-refractivity contribution in [3.8, 4) is 5.75 Å². The molecule has 0 spiro atoms. The van der Waals surface area contributed by atoms with E-state index in [0.29, 0.717) is 12.4 Å². The molecule has 2 rings (SSSR count). The number of ketones is 1. The van der Waals surface area contributed by atoms with E-state index in [1.54, 1.807) is 6.07 Å². The van der Waals surface area contributed by atoms with Crippen molar-refractivity contribution in [2.45, 2.75) is 32.6 Å². The van der Waals surface area contributed by atoms with Crippen molar-refractivity contribution >= 4 is 11.5 Å². The van der Waals surface area contributed by atoms with Gasteiger partial charge in [0.15, 0.2) is 5.78 Å². The van der Waals surface area contributed by atoms with Crippen molar-refractivity contribution in [2.75, 3.05) is 6.61 Å². The van der Waals surface area contributed by atoms with E-state index < -0.39 is 4.92 Å². The third-order valence-corrected chi connectivity index (χ3v) is 3.56. The number of rotatable bonds is 6. The molecule has 0 unspecified atom stereocenters. The highest BCUT2D eigenvalue weighted by molar-refractivity contribution is 5.98. The highest BCUT2D eigenvalue weighted by atomic mass is 16.6. The van der Waals surface area contributed by atoms with Crippen LogP contribution in [-0.4, -0.2) is 17.3 Å². The second kappa shape index (κ2) is 5.82. The molecule has 0 aromatic heterocycles. The summed E-state index contributed by atoms with van der Waals surface area (Å²) in [5.41, 5.74) is -0.0648. The first kappa shape index (κ1) is 13.5. The summed E-state index contributed by atoms with van der Waals surface area (Å²) < 4.78 is 5.56. The van der Waals surface area contributed by atoms with Gasteiger partial charge in [-0.1, -0.05) is 19.3 Å². The SMILES string of the molecule is CC(=O)c1cc(OCCC2CCC2)ccc1[N+](=O)[O-]. The van der Waals surface area contributed by atoms with Crippen LogP contribution >= 0.6 is 0 Å². The fourth-order valence-corrected chi connectivity index (χ4v) is 2.17. The van der Waals surface area contributed by atoms with Gasteiger partial charge >= 0.3 is 0 Å². The average Bonchev–Trinajstić information content (AvgIpc) is 2.31. The van der Waals surface area contributed by atoms with Gasteiger partial charge in [-0.2, -0.15) is 0 Å². The fourth-order valence-electron chi connectivity index (χ4n) is 2.17. The number of carbonyl (C=O) groups is 1. The molecule has 102 valence electrons. The van der Waals surface area contributed by atoms with Gasteiger partial charge in [0.25, 0.3) is 5.69 Å². The molecule has 1 aromatic rings. The number of hydrogen-bond acceptors (Lipinski definition) is 4. The van der Waals surface area contributed by atoms with E-state index in [1.165, 1.54) is 38.3 Å². The summed E-state index contributed by atoms with van der Waals surface area (Å²) in [5, 5.41) is 10.8. The minimum absolute atomic E-state index is 0.103. The number of hydrogen-bond donors (Lipinski definition) is 0. The van der Waals surface area contributed by atoms with Crippen LogP contribution in [-0.2, 0) is 0 Å². The Kier molecular flexibility index (Phi) is 4.14. The standard InChI is InChI=1S/C14H17NO4/c1-10(16)13-9-12(5-6-14(13)15(17)18)19-8-7-11-3-2-4-11/h5-6,9,11H,2-4,7-8H2,1H3. The lowest BCUT2D eigenvalue weighted by atomic mass is 9.83. The first-order valence-electron chi connectivity index (χ1n) is 6.50. The second-order valence-corrected chi connectivity index (χ2v) is 4.93. The number of benzene rings is 1. The normalized spacial score (nSPS) is 14.8. The predicted octanol–water partition coefficient (Wildman–Crippen LogP) is 3.37. The van der Waals surface area contributed by atoms with E-state index in [0.717, 1.165) is 12.3 Å². The Morgan fingerprint density at radius 3 is 2.74 bits per heavy atom. The van der Waals surface area contributed by atoms with Crippen molar-refractivity contribution in [2.24, 2.45) is 5.92 Å². The van der Waals surface area contributed by atoms with Gasteiger partial charge in [0.2, 0.25) is 0 Å². The molecule has 0 amide bonds. The molecule has 0 radical (unpaired) electrons. The smallest absolute Gasteiger partial charge is 0.280 e. The van der Waals surface area contributed by atoms with Gasteiger partial charge in [0, 0.05) is 6.07 Å². The van der Waals surface area contributed by atoms with Gasteiger partial charge in [-0.05, 0) is 31.4 Å². The lowest BCUT2D eigenvalue weighted by Crippen LogP contribution is -2.14. The third-order valence-electron chi connectivity index (χ3n) is 3.56. The molecule has 0 saturated heterocycles. The Balaban J connectivity index is 2.02. The Morgan fingerprint density at radius 2 is 2.21 bits per heavy atom. The van der Waals surface area contributed by atoms with E-state index in [4.69, 9.17) is 4.74 Å². The summed E-state index contributed by atoms with van der Waals surface area (Å²) in [6.07, 6.45) is 4.84.